The number of aliphatic hydroxyl groups excluding tert-OH is 2. The van der Waals surface area contributed by atoms with Crippen molar-refractivity contribution in [2.75, 3.05) is 32.9 Å². The molecule has 98 valence electrons. The maximum absolute atomic E-state index is 11.6. The van der Waals surface area contributed by atoms with Gasteiger partial charge in [0.05, 0.1) is 32.5 Å². The average Bonchev–Trinajstić information content (AvgIpc) is 2.35. The number of carbonyl (C=O) groups is 2. The third kappa shape index (κ3) is 3.84. The maximum Gasteiger partial charge on any atom is 0.328 e. The van der Waals surface area contributed by atoms with Gasteiger partial charge in [-0.25, -0.2) is 9.59 Å². The summed E-state index contributed by atoms with van der Waals surface area (Å²) in [5.41, 5.74) is 0. The minimum absolute atomic E-state index is 0.195. The van der Waals surface area contributed by atoms with E-state index in [9.17, 15) is 9.59 Å². The van der Waals surface area contributed by atoms with Gasteiger partial charge in [0.15, 0.2) is 6.04 Å². The molecule has 1 rings (SSSR count). The quantitative estimate of drug-likeness (QED) is 0.449. The normalized spacial score (nSPS) is 22.0. The van der Waals surface area contributed by atoms with Crippen LogP contribution in [0, 0.1) is 0 Å². The van der Waals surface area contributed by atoms with Crippen LogP contribution in [0.25, 0.3) is 0 Å². The van der Waals surface area contributed by atoms with Crippen molar-refractivity contribution in [3.63, 3.8) is 0 Å². The summed E-state index contributed by atoms with van der Waals surface area (Å²) >= 11 is 0. The molecule has 8 heteroatoms. The van der Waals surface area contributed by atoms with Crippen LogP contribution in [0.3, 0.4) is 0 Å². The van der Waals surface area contributed by atoms with E-state index >= 15 is 0 Å². The van der Waals surface area contributed by atoms with Gasteiger partial charge in [0.2, 0.25) is 0 Å². The number of carboxylic acid groups (broad SMARTS) is 1. The number of ether oxygens (including phenoxy) is 1. The lowest BCUT2D eigenvalue weighted by molar-refractivity contribution is -0.140. The molecule has 4 N–H and O–H groups in total. The van der Waals surface area contributed by atoms with Crippen molar-refractivity contribution >= 4 is 12.0 Å². The lowest BCUT2D eigenvalue weighted by Crippen LogP contribution is -2.54. The molecule has 2 unspecified atom stereocenters. The maximum atomic E-state index is 11.6. The molecule has 0 saturated carbocycles. The SMILES string of the molecule is O=C(O)C(CO)NC(=O)N1CCOC(CO)C1. The Kier molecular flexibility index (Phi) is 5.13. The first kappa shape index (κ1) is 13.7. The van der Waals surface area contributed by atoms with E-state index in [1.807, 2.05) is 0 Å². The van der Waals surface area contributed by atoms with Gasteiger partial charge in [-0.1, -0.05) is 0 Å². The molecule has 1 saturated heterocycles. The van der Waals surface area contributed by atoms with Crippen LogP contribution in [-0.2, 0) is 9.53 Å². The molecule has 8 nitrogen and oxygen atoms in total. The number of amides is 2. The highest BCUT2D eigenvalue weighted by molar-refractivity contribution is 5.82. The smallest absolute Gasteiger partial charge is 0.328 e. The number of urea groups is 1. The molecule has 2 atom stereocenters. The van der Waals surface area contributed by atoms with Crippen molar-refractivity contribution < 1.29 is 29.6 Å². The predicted molar refractivity (Wildman–Crippen MR) is 55.4 cm³/mol. The van der Waals surface area contributed by atoms with E-state index in [4.69, 9.17) is 20.1 Å². The number of carboxylic acids is 1. The molecule has 0 aromatic rings. The van der Waals surface area contributed by atoms with Gasteiger partial charge in [0, 0.05) is 6.54 Å². The Morgan fingerprint density at radius 2 is 2.18 bits per heavy atom. The summed E-state index contributed by atoms with van der Waals surface area (Å²) in [5.74, 6) is -1.30. The minimum atomic E-state index is -1.32. The van der Waals surface area contributed by atoms with Gasteiger partial charge in [-0.2, -0.15) is 0 Å². The Morgan fingerprint density at radius 3 is 2.71 bits per heavy atom. The van der Waals surface area contributed by atoms with Gasteiger partial charge in [-0.3, -0.25) is 0 Å². The monoisotopic (exact) mass is 248 g/mol. The highest BCUT2D eigenvalue weighted by Crippen LogP contribution is 2.05. The number of morpholine rings is 1. The lowest BCUT2D eigenvalue weighted by Gasteiger charge is -2.32. The summed E-state index contributed by atoms with van der Waals surface area (Å²) < 4.78 is 5.15. The molecule has 2 amide bonds. The summed E-state index contributed by atoms with van der Waals surface area (Å²) in [6, 6.07) is -1.91. The molecular weight excluding hydrogens is 232 g/mol. The Hall–Kier alpha value is -1.38. The molecule has 0 aromatic carbocycles. The van der Waals surface area contributed by atoms with E-state index in [-0.39, 0.29) is 19.8 Å². The number of aliphatic hydroxyl groups is 2. The van der Waals surface area contributed by atoms with Crippen molar-refractivity contribution in [1.29, 1.82) is 0 Å². The predicted octanol–water partition coefficient (Wildman–Crippen LogP) is -2.17. The van der Waals surface area contributed by atoms with Crippen LogP contribution in [0.2, 0.25) is 0 Å². The molecule has 0 radical (unpaired) electrons. The third-order valence-electron chi connectivity index (χ3n) is 2.41. The fourth-order valence-electron chi connectivity index (χ4n) is 1.44. The molecule has 0 aliphatic carbocycles. The van der Waals surface area contributed by atoms with Crippen molar-refractivity contribution in [3.05, 3.63) is 0 Å². The lowest BCUT2D eigenvalue weighted by atomic mass is 10.3. The zero-order valence-electron chi connectivity index (χ0n) is 9.20. The van der Waals surface area contributed by atoms with Crippen LogP contribution in [0.1, 0.15) is 0 Å². The number of nitrogens with zero attached hydrogens (tertiary/aromatic N) is 1. The summed E-state index contributed by atoms with van der Waals surface area (Å²) in [6.07, 6.45) is -0.452. The summed E-state index contributed by atoms with van der Waals surface area (Å²) in [7, 11) is 0. The Morgan fingerprint density at radius 1 is 1.47 bits per heavy atom. The van der Waals surface area contributed by atoms with Crippen LogP contribution in [0.15, 0.2) is 0 Å². The van der Waals surface area contributed by atoms with Crippen LogP contribution in [0.5, 0.6) is 0 Å². The third-order valence-corrected chi connectivity index (χ3v) is 2.41. The molecule has 0 spiro atoms. The summed E-state index contributed by atoms with van der Waals surface area (Å²) in [4.78, 5) is 23.6. The van der Waals surface area contributed by atoms with Gasteiger partial charge < -0.3 is 30.3 Å². The van der Waals surface area contributed by atoms with Crippen molar-refractivity contribution in [2.24, 2.45) is 0 Å². The zero-order valence-corrected chi connectivity index (χ0v) is 9.20. The van der Waals surface area contributed by atoms with Gasteiger partial charge in [0.25, 0.3) is 0 Å². The first-order valence-corrected chi connectivity index (χ1v) is 5.20. The molecular formula is C9H16N2O6. The topological polar surface area (TPSA) is 119 Å². The fraction of sp³-hybridized carbons (Fsp3) is 0.778. The fourth-order valence-corrected chi connectivity index (χ4v) is 1.44. The van der Waals surface area contributed by atoms with Crippen LogP contribution in [0.4, 0.5) is 4.79 Å². The number of carbonyl (C=O) groups excluding carboxylic acids is 1. The highest BCUT2D eigenvalue weighted by atomic mass is 16.5. The van der Waals surface area contributed by atoms with Gasteiger partial charge in [-0.05, 0) is 0 Å². The van der Waals surface area contributed by atoms with Gasteiger partial charge in [-0.15, -0.1) is 0 Å². The molecule has 0 aromatic heterocycles. The van der Waals surface area contributed by atoms with Gasteiger partial charge in [0.1, 0.15) is 0 Å². The van der Waals surface area contributed by atoms with Crippen molar-refractivity contribution in [1.82, 2.24) is 10.2 Å². The van der Waals surface area contributed by atoms with E-state index in [1.54, 1.807) is 0 Å². The second kappa shape index (κ2) is 6.38. The number of nitrogens with one attached hydrogen (secondary N) is 1. The molecule has 1 aliphatic rings. The van der Waals surface area contributed by atoms with Crippen LogP contribution < -0.4 is 5.32 Å². The summed E-state index contributed by atoms with van der Waals surface area (Å²) in [5, 5.41) is 28.5. The van der Waals surface area contributed by atoms with Crippen molar-refractivity contribution in [3.8, 4) is 0 Å². The minimum Gasteiger partial charge on any atom is -0.480 e. The summed E-state index contributed by atoms with van der Waals surface area (Å²) in [6.45, 7) is -0.0727. The highest BCUT2D eigenvalue weighted by Gasteiger charge is 2.26. The molecule has 17 heavy (non-hydrogen) atoms. The second-order valence-electron chi connectivity index (χ2n) is 3.64. The van der Waals surface area contributed by atoms with Crippen LogP contribution in [-0.4, -0.2) is 77.3 Å². The van der Waals surface area contributed by atoms with E-state index in [0.29, 0.717) is 6.54 Å². The number of hydrogen-bond donors (Lipinski definition) is 4. The Labute approximate surface area is 97.8 Å². The van der Waals surface area contributed by atoms with E-state index in [0.717, 1.165) is 0 Å². The average molecular weight is 248 g/mol. The number of aliphatic carboxylic acids is 1. The van der Waals surface area contributed by atoms with E-state index in [1.165, 1.54) is 4.90 Å². The molecule has 1 fully saturated rings. The first-order valence-electron chi connectivity index (χ1n) is 5.20. The first-order chi connectivity index (χ1) is 8.08. The largest absolute Gasteiger partial charge is 0.480 e. The molecule has 0 bridgehead atoms. The van der Waals surface area contributed by atoms with E-state index < -0.39 is 30.8 Å². The zero-order chi connectivity index (χ0) is 12.8. The second-order valence-corrected chi connectivity index (χ2v) is 3.64. The van der Waals surface area contributed by atoms with Crippen molar-refractivity contribution in [2.45, 2.75) is 12.1 Å². The Bertz CT molecular complexity index is 285. The van der Waals surface area contributed by atoms with Crippen LogP contribution >= 0.6 is 0 Å². The molecule has 1 heterocycles. The Balaban J connectivity index is 2.48. The van der Waals surface area contributed by atoms with E-state index in [2.05, 4.69) is 5.32 Å². The van der Waals surface area contributed by atoms with Gasteiger partial charge >= 0.3 is 12.0 Å². The number of hydrogen-bond acceptors (Lipinski definition) is 5. The number of rotatable bonds is 4. The standard InChI is InChI=1S/C9H16N2O6/c12-4-6-3-11(1-2-17-6)9(16)10-7(5-13)8(14)15/h6-7,12-13H,1-5H2,(H,10,16)(H,14,15). The molecule has 1 aliphatic heterocycles.